The number of benzene rings is 3. The molecule has 0 saturated heterocycles. The van der Waals surface area contributed by atoms with Gasteiger partial charge in [-0.25, -0.2) is 4.98 Å². The number of carbonyl (C=O) groups excluding carboxylic acids is 2. The molecule has 0 aliphatic carbocycles. The van der Waals surface area contributed by atoms with Crippen molar-refractivity contribution in [3.8, 4) is 22.9 Å². The van der Waals surface area contributed by atoms with Crippen LogP contribution in [0.5, 0.6) is 11.5 Å². The van der Waals surface area contributed by atoms with Gasteiger partial charge in [-0.05, 0) is 47.9 Å². The Bertz CT molecular complexity index is 1430. The summed E-state index contributed by atoms with van der Waals surface area (Å²) in [5.74, 6) is 1.51. The summed E-state index contributed by atoms with van der Waals surface area (Å²) >= 11 is 0. The lowest BCUT2D eigenvalue weighted by molar-refractivity contribution is -0.140. The normalized spacial score (nSPS) is 10.8. The zero-order valence-electron chi connectivity index (χ0n) is 21.8. The highest BCUT2D eigenvalue weighted by Crippen LogP contribution is 2.30. The molecule has 1 heterocycles. The third kappa shape index (κ3) is 5.95. The Morgan fingerprint density at radius 2 is 1.66 bits per heavy atom. The zero-order chi connectivity index (χ0) is 27.1. The molecule has 0 unspecified atom stereocenters. The van der Waals surface area contributed by atoms with Crippen molar-refractivity contribution in [1.29, 1.82) is 0 Å². The first-order valence-corrected chi connectivity index (χ1v) is 12.3. The van der Waals surface area contributed by atoms with E-state index in [4.69, 9.17) is 20.2 Å². The molecule has 0 fully saturated rings. The molecule has 0 atom stereocenters. The first-order chi connectivity index (χ1) is 18.5. The van der Waals surface area contributed by atoms with Crippen molar-refractivity contribution in [2.75, 3.05) is 27.9 Å². The van der Waals surface area contributed by atoms with Crippen LogP contribution in [0.15, 0.2) is 60.7 Å². The number of nitrogens with zero attached hydrogens (tertiary/aromatic N) is 2. The minimum absolute atomic E-state index is 0.109. The number of hydrogen-bond acceptors (Lipinski definition) is 7. The molecule has 0 aliphatic rings. The number of nitrogens with one attached hydrogen (secondary N) is 1. The lowest BCUT2D eigenvalue weighted by Gasteiger charge is -2.12. The van der Waals surface area contributed by atoms with Crippen LogP contribution in [0.1, 0.15) is 27.9 Å². The van der Waals surface area contributed by atoms with Gasteiger partial charge in [0.25, 0.3) is 5.91 Å². The fraction of sp³-hybridized carbons (Fsp3) is 0.276. The van der Waals surface area contributed by atoms with E-state index in [1.54, 1.807) is 26.4 Å². The van der Waals surface area contributed by atoms with Crippen LogP contribution >= 0.6 is 0 Å². The third-order valence-corrected chi connectivity index (χ3v) is 6.37. The number of hydrogen-bond donors (Lipinski definition) is 2. The van der Waals surface area contributed by atoms with E-state index in [1.807, 2.05) is 48.5 Å². The van der Waals surface area contributed by atoms with Crippen LogP contribution in [0, 0.1) is 0 Å². The van der Waals surface area contributed by atoms with Crippen LogP contribution in [0.3, 0.4) is 0 Å². The van der Waals surface area contributed by atoms with Crippen molar-refractivity contribution in [3.63, 3.8) is 0 Å². The molecule has 3 N–H and O–H groups in total. The number of imidazole rings is 1. The molecule has 4 rings (SSSR count). The molecule has 1 amide bonds. The van der Waals surface area contributed by atoms with Crippen molar-refractivity contribution in [2.24, 2.45) is 5.73 Å². The zero-order valence-corrected chi connectivity index (χ0v) is 21.8. The van der Waals surface area contributed by atoms with Gasteiger partial charge in [0, 0.05) is 30.8 Å². The molecule has 0 spiro atoms. The average Bonchev–Trinajstić information content (AvgIpc) is 3.33. The first kappa shape index (κ1) is 26.7. The number of fused-ring (bicyclic) bond motifs is 1. The second-order valence-corrected chi connectivity index (χ2v) is 8.71. The standard InChI is InChI=1S/C29H32N4O5/c1-36-25-11-6-19(16-26(25)37-2)13-15-33-24-10-9-22(29(35)31-14-12-27(34)38-3)17-23(24)32-28(33)21-7-4-20(18-30)5-8-21/h4-11,16-17H,12-15,18,30H2,1-3H3,(H,31,35). The van der Waals surface area contributed by atoms with Gasteiger partial charge in [0.05, 0.1) is 38.8 Å². The quantitative estimate of drug-likeness (QED) is 0.292. The summed E-state index contributed by atoms with van der Waals surface area (Å²) < 4.78 is 17.6. The molecule has 198 valence electrons. The van der Waals surface area contributed by atoms with Crippen molar-refractivity contribution in [3.05, 3.63) is 77.4 Å². The topological polar surface area (TPSA) is 118 Å². The van der Waals surface area contributed by atoms with E-state index in [0.29, 0.717) is 35.7 Å². The summed E-state index contributed by atoms with van der Waals surface area (Å²) in [6.45, 7) is 1.32. The SMILES string of the molecule is COC(=O)CCNC(=O)c1ccc2c(c1)nc(-c1ccc(CN)cc1)n2CCc1ccc(OC)c(OC)c1. The van der Waals surface area contributed by atoms with Crippen LogP contribution in [0.4, 0.5) is 0 Å². The summed E-state index contributed by atoms with van der Waals surface area (Å²) in [6.07, 6.45) is 0.841. The molecule has 9 heteroatoms. The summed E-state index contributed by atoms with van der Waals surface area (Å²) in [5, 5.41) is 2.75. The maximum absolute atomic E-state index is 12.7. The summed E-state index contributed by atoms with van der Waals surface area (Å²) in [7, 11) is 4.56. The van der Waals surface area contributed by atoms with Crippen molar-refractivity contribution in [1.82, 2.24) is 14.9 Å². The van der Waals surface area contributed by atoms with Crippen molar-refractivity contribution in [2.45, 2.75) is 25.9 Å². The van der Waals surface area contributed by atoms with Crippen LogP contribution in [-0.2, 0) is 29.0 Å². The monoisotopic (exact) mass is 516 g/mol. The van der Waals surface area contributed by atoms with Gasteiger partial charge in [0.1, 0.15) is 5.82 Å². The highest BCUT2D eigenvalue weighted by molar-refractivity contribution is 5.98. The van der Waals surface area contributed by atoms with Gasteiger partial charge < -0.3 is 29.8 Å². The second kappa shape index (κ2) is 12.2. The minimum atomic E-state index is -0.376. The Hall–Kier alpha value is -4.37. The molecule has 38 heavy (non-hydrogen) atoms. The molecule has 4 aromatic rings. The molecular weight excluding hydrogens is 484 g/mol. The summed E-state index contributed by atoms with van der Waals surface area (Å²) in [4.78, 5) is 28.9. The lowest BCUT2D eigenvalue weighted by atomic mass is 10.1. The Labute approximate surface area is 221 Å². The number of ether oxygens (including phenoxy) is 3. The Morgan fingerprint density at radius 3 is 2.34 bits per heavy atom. The van der Waals surface area contributed by atoms with Crippen LogP contribution in [-0.4, -0.2) is 49.3 Å². The Kier molecular flexibility index (Phi) is 8.60. The van der Waals surface area contributed by atoms with Gasteiger partial charge in [-0.3, -0.25) is 9.59 Å². The van der Waals surface area contributed by atoms with E-state index in [2.05, 4.69) is 14.6 Å². The third-order valence-electron chi connectivity index (χ3n) is 6.37. The summed E-state index contributed by atoms with van der Waals surface area (Å²) in [6, 6.07) is 19.4. The molecule has 0 aliphatic heterocycles. The highest BCUT2D eigenvalue weighted by atomic mass is 16.5. The predicted molar refractivity (Wildman–Crippen MR) is 145 cm³/mol. The first-order valence-electron chi connectivity index (χ1n) is 12.3. The molecule has 9 nitrogen and oxygen atoms in total. The number of aryl methyl sites for hydroxylation is 2. The van der Waals surface area contributed by atoms with E-state index in [-0.39, 0.29) is 24.8 Å². The average molecular weight is 517 g/mol. The predicted octanol–water partition coefficient (Wildman–Crippen LogP) is 3.71. The van der Waals surface area contributed by atoms with Gasteiger partial charge in [0.2, 0.25) is 0 Å². The number of amides is 1. The van der Waals surface area contributed by atoms with E-state index in [9.17, 15) is 9.59 Å². The highest BCUT2D eigenvalue weighted by Gasteiger charge is 2.16. The number of aromatic nitrogens is 2. The number of nitrogens with two attached hydrogens (primary N) is 1. The summed E-state index contributed by atoms with van der Waals surface area (Å²) in [5.41, 5.74) is 11.0. The largest absolute Gasteiger partial charge is 0.493 e. The van der Waals surface area contributed by atoms with Crippen LogP contribution in [0.2, 0.25) is 0 Å². The molecule has 1 aromatic heterocycles. The molecule has 0 bridgehead atoms. The van der Waals surface area contributed by atoms with Gasteiger partial charge in [-0.15, -0.1) is 0 Å². The van der Waals surface area contributed by atoms with E-state index >= 15 is 0 Å². The maximum Gasteiger partial charge on any atom is 0.307 e. The molecule has 3 aromatic carbocycles. The van der Waals surface area contributed by atoms with Crippen LogP contribution < -0.4 is 20.5 Å². The number of rotatable bonds is 11. The Morgan fingerprint density at radius 1 is 0.921 bits per heavy atom. The number of carbonyl (C=O) groups is 2. The van der Waals surface area contributed by atoms with Gasteiger partial charge >= 0.3 is 5.97 Å². The van der Waals surface area contributed by atoms with Gasteiger partial charge in [-0.1, -0.05) is 30.3 Å². The molecule has 0 radical (unpaired) electrons. The van der Waals surface area contributed by atoms with E-state index in [0.717, 1.165) is 34.5 Å². The fourth-order valence-corrected chi connectivity index (χ4v) is 4.27. The van der Waals surface area contributed by atoms with E-state index in [1.165, 1.54) is 7.11 Å². The maximum atomic E-state index is 12.7. The minimum Gasteiger partial charge on any atom is -0.493 e. The van der Waals surface area contributed by atoms with Crippen LogP contribution in [0.25, 0.3) is 22.4 Å². The number of methoxy groups -OCH3 is 3. The molecule has 0 saturated carbocycles. The molecular formula is C29H32N4O5. The van der Waals surface area contributed by atoms with Gasteiger partial charge in [-0.2, -0.15) is 0 Å². The van der Waals surface area contributed by atoms with E-state index < -0.39 is 0 Å². The van der Waals surface area contributed by atoms with Crippen molar-refractivity contribution < 1.29 is 23.8 Å². The van der Waals surface area contributed by atoms with Gasteiger partial charge in [0.15, 0.2) is 11.5 Å². The Balaban J connectivity index is 1.65. The lowest BCUT2D eigenvalue weighted by Crippen LogP contribution is -2.26. The smallest absolute Gasteiger partial charge is 0.307 e. The second-order valence-electron chi connectivity index (χ2n) is 8.71. The fourth-order valence-electron chi connectivity index (χ4n) is 4.27. The van der Waals surface area contributed by atoms with Crippen molar-refractivity contribution >= 4 is 22.9 Å². The number of esters is 1.